The molecule has 2 aromatic carbocycles. The Hall–Kier alpha value is -2.92. The summed E-state index contributed by atoms with van der Waals surface area (Å²) in [4.78, 5) is 0. The molecular weight excluding hydrogens is 312 g/mol. The quantitative estimate of drug-likeness (QED) is 0.436. The smallest absolute Gasteiger partial charge is 0.222 e. The highest BCUT2D eigenvalue weighted by atomic mass is 28.3. The number of hydrogen-bond acceptors (Lipinski definition) is 2. The van der Waals surface area contributed by atoms with Crippen molar-refractivity contribution in [2.45, 2.75) is 6.67 Å². The van der Waals surface area contributed by atoms with Crippen LogP contribution in [-0.2, 0) is 6.67 Å². The van der Waals surface area contributed by atoms with Gasteiger partial charge in [0.2, 0.25) is 8.07 Å². The summed E-state index contributed by atoms with van der Waals surface area (Å²) < 4.78 is 4.21. The van der Waals surface area contributed by atoms with Crippen LogP contribution < -0.4 is 21.0 Å². The summed E-state index contributed by atoms with van der Waals surface area (Å²) in [6, 6.07) is 26.0. The number of aromatic nitrogens is 4. The van der Waals surface area contributed by atoms with Crippen LogP contribution in [0.2, 0.25) is 0 Å². The van der Waals surface area contributed by atoms with Gasteiger partial charge in [0.05, 0.1) is 0 Å². The van der Waals surface area contributed by atoms with Gasteiger partial charge < -0.3 is 0 Å². The van der Waals surface area contributed by atoms with Gasteiger partial charge in [-0.25, -0.2) is 0 Å². The Morgan fingerprint density at radius 3 is 1.54 bits per heavy atom. The predicted molar refractivity (Wildman–Crippen MR) is 97.0 cm³/mol. The van der Waals surface area contributed by atoms with Gasteiger partial charge in [0, 0.05) is 23.0 Å². The topological polar surface area (TPSA) is 35.6 Å². The molecule has 116 valence electrons. The zero-order valence-corrected chi connectivity index (χ0v) is 14.1. The molecule has 0 bridgehead atoms. The largest absolute Gasteiger partial charge is 0.251 e. The predicted octanol–water partition coefficient (Wildman–Crippen LogP) is 0.276. The minimum atomic E-state index is -2.37. The lowest BCUT2D eigenvalue weighted by Crippen LogP contribution is -2.79. The van der Waals surface area contributed by atoms with E-state index in [1.807, 2.05) is 12.4 Å². The molecule has 3 heterocycles. The van der Waals surface area contributed by atoms with Crippen molar-refractivity contribution in [3.8, 4) is 0 Å². The molecule has 0 atom stereocenters. The lowest BCUT2D eigenvalue weighted by Gasteiger charge is -2.37. The third-order valence-corrected chi connectivity index (χ3v) is 9.67. The molecule has 0 spiro atoms. The maximum atomic E-state index is 4.57. The van der Waals surface area contributed by atoms with Gasteiger partial charge in [-0.1, -0.05) is 60.7 Å². The lowest BCUT2D eigenvalue weighted by molar-refractivity contribution is 0.514. The van der Waals surface area contributed by atoms with Crippen LogP contribution in [0.1, 0.15) is 0 Å². The monoisotopic (exact) mass is 328 g/mol. The summed E-state index contributed by atoms with van der Waals surface area (Å²) in [5, 5.41) is 14.5. The summed E-state index contributed by atoms with van der Waals surface area (Å²) >= 11 is 0. The van der Waals surface area contributed by atoms with E-state index in [9.17, 15) is 0 Å². The fourth-order valence-corrected chi connectivity index (χ4v) is 8.76. The molecule has 0 radical (unpaired) electrons. The van der Waals surface area contributed by atoms with Crippen LogP contribution >= 0.6 is 0 Å². The summed E-state index contributed by atoms with van der Waals surface area (Å²) in [6.45, 7) is 0.680. The van der Waals surface area contributed by atoms with Crippen molar-refractivity contribution in [3.05, 3.63) is 85.2 Å². The zero-order chi connectivity index (χ0) is 16.0. The van der Waals surface area contributed by atoms with Crippen molar-refractivity contribution in [1.82, 2.24) is 19.6 Å². The molecule has 2 aromatic heterocycles. The van der Waals surface area contributed by atoms with E-state index in [2.05, 4.69) is 92.4 Å². The molecule has 0 aliphatic carbocycles. The summed E-state index contributed by atoms with van der Waals surface area (Å²) in [5.41, 5.74) is 0. The summed E-state index contributed by atoms with van der Waals surface area (Å²) in [6.07, 6.45) is 3.82. The molecule has 1 aliphatic rings. The van der Waals surface area contributed by atoms with E-state index in [0.717, 1.165) is 0 Å². The average molecular weight is 328 g/mol. The molecule has 0 N–H and O–H groups in total. The fraction of sp³-hybridized carbons (Fsp3) is 0.0526. The van der Waals surface area contributed by atoms with Crippen LogP contribution in [0.4, 0.5) is 0 Å². The first-order chi connectivity index (χ1) is 11.9. The second kappa shape index (κ2) is 5.04. The Labute approximate surface area is 141 Å². The van der Waals surface area contributed by atoms with E-state index in [-0.39, 0.29) is 0 Å². The Morgan fingerprint density at radius 2 is 1.08 bits per heavy atom. The van der Waals surface area contributed by atoms with Crippen LogP contribution in [0, 0.1) is 0 Å². The molecule has 4 aromatic rings. The van der Waals surface area contributed by atoms with E-state index in [4.69, 9.17) is 0 Å². The van der Waals surface area contributed by atoms with Gasteiger partial charge in [-0.15, -0.1) is 0 Å². The molecule has 4 nitrogen and oxygen atoms in total. The molecule has 0 unspecified atom stereocenters. The number of rotatable bonds is 2. The first-order valence-corrected chi connectivity index (χ1v) is 10.1. The second-order valence-corrected chi connectivity index (χ2v) is 9.73. The van der Waals surface area contributed by atoms with Crippen molar-refractivity contribution in [3.63, 3.8) is 0 Å². The lowest BCUT2D eigenvalue weighted by atomic mass is 10.4. The SMILES string of the molecule is c1ccc([Si]2(c3ccccc3)c3ccnn3Cn3nccc32)cc1. The molecule has 1 aliphatic heterocycles. The van der Waals surface area contributed by atoms with E-state index < -0.39 is 8.07 Å². The fourth-order valence-electron chi connectivity index (χ4n) is 3.92. The summed E-state index contributed by atoms with van der Waals surface area (Å²) in [5.74, 6) is 0. The van der Waals surface area contributed by atoms with Crippen molar-refractivity contribution in [2.24, 2.45) is 0 Å². The number of fused-ring (bicyclic) bond motifs is 2. The van der Waals surface area contributed by atoms with Gasteiger partial charge in [0.1, 0.15) is 6.67 Å². The first-order valence-electron chi connectivity index (χ1n) is 8.06. The number of hydrogen-bond donors (Lipinski definition) is 0. The van der Waals surface area contributed by atoms with E-state index >= 15 is 0 Å². The Bertz CT molecular complexity index is 907. The molecule has 24 heavy (non-hydrogen) atoms. The average Bonchev–Trinajstić information content (AvgIpc) is 3.30. The highest BCUT2D eigenvalue weighted by Crippen LogP contribution is 2.12. The summed E-state index contributed by atoms with van der Waals surface area (Å²) in [7, 11) is -2.37. The number of benzene rings is 2. The molecule has 5 rings (SSSR count). The molecule has 0 saturated heterocycles. The molecule has 0 saturated carbocycles. The van der Waals surface area contributed by atoms with Gasteiger partial charge in [0.25, 0.3) is 0 Å². The van der Waals surface area contributed by atoms with E-state index in [1.165, 1.54) is 21.0 Å². The van der Waals surface area contributed by atoms with Crippen LogP contribution in [-0.4, -0.2) is 27.6 Å². The van der Waals surface area contributed by atoms with Crippen molar-refractivity contribution in [2.75, 3.05) is 0 Å². The minimum Gasteiger partial charge on any atom is -0.251 e. The normalized spacial score (nSPS) is 14.8. The maximum Gasteiger partial charge on any atom is 0.222 e. The van der Waals surface area contributed by atoms with Crippen LogP contribution in [0.3, 0.4) is 0 Å². The standard InChI is InChI=1S/C19H16N4Si/c1-3-7-16(8-4-1)24(17-9-5-2-6-10-17)18-11-13-20-22(18)15-23-19(24)12-14-21-23/h1-14H,15H2. The van der Waals surface area contributed by atoms with Crippen molar-refractivity contribution < 1.29 is 0 Å². The second-order valence-electron chi connectivity index (χ2n) is 6.06. The highest BCUT2D eigenvalue weighted by Gasteiger charge is 2.48. The van der Waals surface area contributed by atoms with Gasteiger partial charge in [-0.3, -0.25) is 9.36 Å². The van der Waals surface area contributed by atoms with Gasteiger partial charge in [-0.2, -0.15) is 10.2 Å². The Morgan fingerprint density at radius 1 is 0.625 bits per heavy atom. The minimum absolute atomic E-state index is 0.680. The van der Waals surface area contributed by atoms with Crippen LogP contribution in [0.25, 0.3) is 0 Å². The molecule has 0 fully saturated rings. The zero-order valence-electron chi connectivity index (χ0n) is 13.1. The third-order valence-electron chi connectivity index (χ3n) is 4.88. The van der Waals surface area contributed by atoms with Gasteiger partial charge in [0.15, 0.2) is 0 Å². The van der Waals surface area contributed by atoms with Crippen molar-refractivity contribution in [1.29, 1.82) is 0 Å². The Kier molecular flexibility index (Phi) is 2.84. The first kappa shape index (κ1) is 13.5. The van der Waals surface area contributed by atoms with Gasteiger partial charge >= 0.3 is 0 Å². The van der Waals surface area contributed by atoms with E-state index in [0.29, 0.717) is 6.67 Å². The molecular formula is C19H16N4Si. The van der Waals surface area contributed by atoms with Crippen molar-refractivity contribution >= 4 is 29.1 Å². The molecule has 5 heteroatoms. The molecule has 0 amide bonds. The number of nitrogens with zero attached hydrogens (tertiary/aromatic N) is 4. The maximum absolute atomic E-state index is 4.57. The van der Waals surface area contributed by atoms with Crippen LogP contribution in [0.5, 0.6) is 0 Å². The van der Waals surface area contributed by atoms with Crippen LogP contribution in [0.15, 0.2) is 85.2 Å². The highest BCUT2D eigenvalue weighted by molar-refractivity contribution is 7.19. The Balaban J connectivity index is 1.95. The van der Waals surface area contributed by atoms with Gasteiger partial charge in [-0.05, 0) is 22.5 Å². The van der Waals surface area contributed by atoms with E-state index in [1.54, 1.807) is 0 Å². The third kappa shape index (κ3) is 1.67.